The van der Waals surface area contributed by atoms with Gasteiger partial charge in [0.25, 0.3) is 0 Å². The zero-order valence-corrected chi connectivity index (χ0v) is 26.8. The monoisotopic (exact) mass is 614 g/mol. The molecule has 6 nitrogen and oxygen atoms in total. The highest BCUT2D eigenvalue weighted by Gasteiger charge is 2.61. The van der Waals surface area contributed by atoms with E-state index < -0.39 is 11.0 Å². The van der Waals surface area contributed by atoms with Crippen LogP contribution in [0.3, 0.4) is 0 Å². The maximum atomic E-state index is 14.0. The first kappa shape index (κ1) is 31.2. The topological polar surface area (TPSA) is 59.1 Å². The number of amides is 1. The molecule has 3 aliphatic rings. The van der Waals surface area contributed by atoms with Gasteiger partial charge in [-0.25, -0.2) is 0 Å². The van der Waals surface area contributed by atoms with Crippen molar-refractivity contribution in [2.75, 3.05) is 33.3 Å². The van der Waals surface area contributed by atoms with Gasteiger partial charge in [-0.05, 0) is 92.3 Å². The lowest BCUT2D eigenvalue weighted by molar-refractivity contribution is -0.190. The number of hydrogen-bond donors (Lipinski definition) is 0. The van der Waals surface area contributed by atoms with Gasteiger partial charge in [0.2, 0.25) is 5.91 Å². The van der Waals surface area contributed by atoms with Gasteiger partial charge in [0.1, 0.15) is 11.4 Å². The van der Waals surface area contributed by atoms with Crippen molar-refractivity contribution in [3.05, 3.63) is 63.6 Å². The summed E-state index contributed by atoms with van der Waals surface area (Å²) in [5, 5.41) is 0.936. The molecule has 0 N–H and O–H groups in total. The fourth-order valence-electron chi connectivity index (χ4n) is 7.44. The molecule has 5 rings (SSSR count). The number of ether oxygens (including phenoxy) is 2. The number of nitrogens with zero attached hydrogens (tertiary/aromatic N) is 2. The number of piperidine rings is 1. The summed E-state index contributed by atoms with van der Waals surface area (Å²) in [5.41, 5.74) is 0.852. The smallest absolute Gasteiger partial charge is 0.303 e. The van der Waals surface area contributed by atoms with E-state index in [2.05, 4.69) is 35.8 Å². The second-order valence-electron chi connectivity index (χ2n) is 13.1. The Balaban J connectivity index is 1.52. The van der Waals surface area contributed by atoms with Crippen LogP contribution in [0.2, 0.25) is 10.0 Å². The lowest BCUT2D eigenvalue weighted by Crippen LogP contribution is -2.69. The highest BCUT2D eigenvalue weighted by molar-refractivity contribution is 6.42. The van der Waals surface area contributed by atoms with E-state index in [0.717, 1.165) is 55.1 Å². The molecule has 2 aliphatic carbocycles. The summed E-state index contributed by atoms with van der Waals surface area (Å²) in [6.07, 6.45) is 5.88. The Morgan fingerprint density at radius 3 is 2.52 bits per heavy atom. The zero-order chi connectivity index (χ0) is 30.1. The van der Waals surface area contributed by atoms with Crippen LogP contribution < -0.4 is 4.74 Å². The number of esters is 1. The minimum atomic E-state index is -0.676. The van der Waals surface area contributed by atoms with E-state index in [9.17, 15) is 9.59 Å². The Kier molecular flexibility index (Phi) is 9.46. The van der Waals surface area contributed by atoms with Gasteiger partial charge in [-0.3, -0.25) is 14.5 Å². The molecule has 1 heterocycles. The molecule has 0 radical (unpaired) electrons. The van der Waals surface area contributed by atoms with Crippen LogP contribution >= 0.6 is 23.2 Å². The van der Waals surface area contributed by atoms with E-state index in [4.69, 9.17) is 32.7 Å². The third-order valence-electron chi connectivity index (χ3n) is 9.51. The van der Waals surface area contributed by atoms with Crippen LogP contribution in [0.4, 0.5) is 0 Å². The van der Waals surface area contributed by atoms with Gasteiger partial charge in [0, 0.05) is 38.0 Å². The van der Waals surface area contributed by atoms with E-state index in [1.807, 2.05) is 18.2 Å². The number of hydrogen-bond acceptors (Lipinski definition) is 5. The van der Waals surface area contributed by atoms with Crippen molar-refractivity contribution in [3.8, 4) is 5.75 Å². The van der Waals surface area contributed by atoms with Crippen LogP contribution in [0.5, 0.6) is 5.75 Å². The first-order chi connectivity index (χ1) is 20.0. The zero-order valence-electron chi connectivity index (χ0n) is 25.3. The number of likely N-dealkylation sites (tertiary alicyclic amines) is 1. The summed E-state index contributed by atoms with van der Waals surface area (Å²) >= 11 is 12.4. The second kappa shape index (κ2) is 12.8. The van der Waals surface area contributed by atoms with Crippen LogP contribution in [0.1, 0.15) is 70.4 Å². The van der Waals surface area contributed by atoms with Crippen LogP contribution in [0.15, 0.2) is 42.5 Å². The van der Waals surface area contributed by atoms with Crippen molar-refractivity contribution in [2.24, 2.45) is 11.8 Å². The second-order valence-corrected chi connectivity index (χ2v) is 13.9. The van der Waals surface area contributed by atoms with Gasteiger partial charge in [-0.2, -0.15) is 0 Å². The van der Waals surface area contributed by atoms with E-state index in [1.54, 1.807) is 19.2 Å². The Bertz CT molecular complexity index is 1300. The highest BCUT2D eigenvalue weighted by atomic mass is 35.5. The fourth-order valence-corrected chi connectivity index (χ4v) is 7.76. The molecule has 0 aromatic heterocycles. The standard InChI is InChI=1S/C34H44Cl2N2O4/c1-23(2)20-38(32(40)17-26-10-11-30(35)31(36)16-26)28-12-13-34(42-24(3)39)22-37(21-25-8-9-25)15-14-33(34,19-28)27-6-5-7-29(18-27)41-4/h5-7,10-11,16,18,23,25,28H,8-9,12-15,17,19-22H2,1-4H3. The molecule has 2 aromatic carbocycles. The number of benzene rings is 2. The van der Waals surface area contributed by atoms with E-state index >= 15 is 0 Å². The number of methoxy groups -OCH3 is 1. The molecule has 0 spiro atoms. The lowest BCUT2D eigenvalue weighted by Gasteiger charge is -2.60. The molecular formula is C34H44Cl2N2O4. The van der Waals surface area contributed by atoms with Crippen molar-refractivity contribution in [1.29, 1.82) is 0 Å². The molecule has 3 unspecified atom stereocenters. The maximum Gasteiger partial charge on any atom is 0.303 e. The van der Waals surface area contributed by atoms with E-state index in [0.29, 0.717) is 35.5 Å². The normalized spacial score (nSPS) is 26.0. The van der Waals surface area contributed by atoms with Gasteiger partial charge in [0.15, 0.2) is 0 Å². The summed E-state index contributed by atoms with van der Waals surface area (Å²) in [6, 6.07) is 13.7. The van der Waals surface area contributed by atoms with Crippen LogP contribution in [0, 0.1) is 11.8 Å². The molecule has 1 saturated heterocycles. The number of rotatable bonds is 10. The summed E-state index contributed by atoms with van der Waals surface area (Å²) in [6.45, 7) is 9.21. The minimum absolute atomic E-state index is 0.00698. The first-order valence-electron chi connectivity index (χ1n) is 15.3. The summed E-state index contributed by atoms with van der Waals surface area (Å²) < 4.78 is 12.1. The van der Waals surface area contributed by atoms with Gasteiger partial charge in [-0.15, -0.1) is 0 Å². The first-order valence-corrected chi connectivity index (χ1v) is 16.1. The summed E-state index contributed by atoms with van der Waals surface area (Å²) in [4.78, 5) is 31.4. The van der Waals surface area contributed by atoms with Crippen molar-refractivity contribution in [1.82, 2.24) is 9.80 Å². The predicted molar refractivity (Wildman–Crippen MR) is 167 cm³/mol. The average molecular weight is 616 g/mol. The number of carbonyl (C=O) groups is 2. The molecule has 42 heavy (non-hydrogen) atoms. The van der Waals surface area contributed by atoms with Gasteiger partial charge in [0.05, 0.1) is 23.6 Å². The molecule has 8 heteroatoms. The van der Waals surface area contributed by atoms with E-state index in [-0.39, 0.29) is 24.3 Å². The van der Waals surface area contributed by atoms with Crippen LogP contribution in [-0.4, -0.2) is 66.6 Å². The highest BCUT2D eigenvalue weighted by Crippen LogP contribution is 2.55. The molecule has 1 aliphatic heterocycles. The Morgan fingerprint density at radius 1 is 1.07 bits per heavy atom. The average Bonchev–Trinajstić information content (AvgIpc) is 3.77. The largest absolute Gasteiger partial charge is 0.497 e. The molecule has 2 aromatic rings. The Hall–Kier alpha value is -2.28. The maximum absolute atomic E-state index is 14.0. The van der Waals surface area contributed by atoms with Gasteiger partial charge < -0.3 is 14.4 Å². The van der Waals surface area contributed by atoms with Gasteiger partial charge >= 0.3 is 5.97 Å². The molecular weight excluding hydrogens is 571 g/mol. The molecule has 2 saturated carbocycles. The van der Waals surface area contributed by atoms with Crippen molar-refractivity contribution in [2.45, 2.75) is 82.8 Å². The quantitative estimate of drug-likeness (QED) is 0.271. The summed E-state index contributed by atoms with van der Waals surface area (Å²) in [7, 11) is 1.68. The number of carbonyl (C=O) groups excluding carboxylic acids is 2. The third kappa shape index (κ3) is 6.61. The fraction of sp³-hybridized carbons (Fsp3) is 0.588. The van der Waals surface area contributed by atoms with E-state index in [1.165, 1.54) is 19.8 Å². The molecule has 228 valence electrons. The minimum Gasteiger partial charge on any atom is -0.497 e. The molecule has 0 bridgehead atoms. The van der Waals surface area contributed by atoms with Crippen LogP contribution in [0.25, 0.3) is 0 Å². The number of fused-ring (bicyclic) bond motifs is 1. The molecule has 3 fully saturated rings. The van der Waals surface area contributed by atoms with Crippen molar-refractivity contribution in [3.63, 3.8) is 0 Å². The molecule has 1 amide bonds. The van der Waals surface area contributed by atoms with Gasteiger partial charge in [-0.1, -0.05) is 55.2 Å². The lowest BCUT2D eigenvalue weighted by atomic mass is 9.54. The van der Waals surface area contributed by atoms with Crippen molar-refractivity contribution < 1.29 is 19.1 Å². The third-order valence-corrected chi connectivity index (χ3v) is 10.2. The van der Waals surface area contributed by atoms with Crippen LogP contribution in [-0.2, 0) is 26.2 Å². The Morgan fingerprint density at radius 2 is 1.86 bits per heavy atom. The SMILES string of the molecule is COc1cccc(C23CCN(CC4CC4)CC2(OC(C)=O)CCC(N(CC(C)C)C(=O)Cc2ccc(Cl)c(Cl)c2)C3)c1. The summed E-state index contributed by atoms with van der Waals surface area (Å²) in [5.74, 6) is 1.68. The number of halogens is 2. The predicted octanol–water partition coefficient (Wildman–Crippen LogP) is 6.94. The van der Waals surface area contributed by atoms with Crippen molar-refractivity contribution >= 4 is 35.1 Å². The Labute approximate surface area is 260 Å². The molecule has 3 atom stereocenters.